The van der Waals surface area contributed by atoms with E-state index in [1.165, 1.54) is 0 Å². The fraction of sp³-hybridized carbons (Fsp3) is 0.529. The van der Waals surface area contributed by atoms with E-state index < -0.39 is 34.7 Å². The van der Waals surface area contributed by atoms with Gasteiger partial charge in [0.05, 0.1) is 5.56 Å². The summed E-state index contributed by atoms with van der Waals surface area (Å²) in [6.07, 6.45) is 0.681. The van der Waals surface area contributed by atoms with Crippen LogP contribution in [0.15, 0.2) is 12.1 Å². The van der Waals surface area contributed by atoms with Crippen molar-refractivity contribution in [3.63, 3.8) is 0 Å². The summed E-state index contributed by atoms with van der Waals surface area (Å²) in [6, 6.07) is 1.02. The lowest BCUT2D eigenvalue weighted by Crippen LogP contribution is -2.44. The summed E-state index contributed by atoms with van der Waals surface area (Å²) < 4.78 is 40.4. The van der Waals surface area contributed by atoms with Crippen LogP contribution in [0.25, 0.3) is 0 Å². The van der Waals surface area contributed by atoms with Gasteiger partial charge in [-0.1, -0.05) is 6.92 Å². The van der Waals surface area contributed by atoms with Crippen molar-refractivity contribution in [2.45, 2.75) is 19.8 Å². The van der Waals surface area contributed by atoms with Crippen molar-refractivity contribution in [1.82, 2.24) is 10.2 Å². The van der Waals surface area contributed by atoms with Crippen LogP contribution in [0.3, 0.4) is 0 Å². The molecule has 8 heteroatoms. The number of hydrogen-bond acceptors (Lipinski definition) is 3. The average molecular weight is 379 g/mol. The number of Topliss-reactive ketones (excluding diaryl/α,β-unsaturated/α-hetero) is 1. The lowest BCUT2D eigenvalue weighted by Gasteiger charge is -2.33. The van der Waals surface area contributed by atoms with Crippen molar-refractivity contribution in [2.24, 2.45) is 11.8 Å². The van der Waals surface area contributed by atoms with Gasteiger partial charge >= 0.3 is 0 Å². The second-order valence-corrected chi connectivity index (χ2v) is 6.17. The quantitative estimate of drug-likeness (QED) is 0.801. The third-order valence-electron chi connectivity index (χ3n) is 4.36. The molecule has 0 aromatic heterocycles. The van der Waals surface area contributed by atoms with Gasteiger partial charge in [-0.15, -0.1) is 12.4 Å². The number of benzene rings is 1. The Labute approximate surface area is 151 Å². The zero-order valence-corrected chi connectivity index (χ0v) is 15.0. The van der Waals surface area contributed by atoms with E-state index in [0.29, 0.717) is 44.6 Å². The van der Waals surface area contributed by atoms with E-state index in [1.54, 1.807) is 11.9 Å². The topological polar surface area (TPSA) is 49.4 Å². The summed E-state index contributed by atoms with van der Waals surface area (Å²) in [6.45, 7) is 3.12. The first-order valence-corrected chi connectivity index (χ1v) is 7.97. The average Bonchev–Trinajstić information content (AvgIpc) is 2.53. The normalized spacial score (nSPS) is 16.3. The molecule has 1 aliphatic rings. The highest BCUT2D eigenvalue weighted by Crippen LogP contribution is 2.26. The number of piperidine rings is 1. The van der Waals surface area contributed by atoms with Crippen LogP contribution >= 0.6 is 12.4 Å². The van der Waals surface area contributed by atoms with E-state index >= 15 is 0 Å². The number of carbonyl (C=O) groups is 2. The predicted octanol–water partition coefficient (Wildman–Crippen LogP) is 2.80. The van der Waals surface area contributed by atoms with Gasteiger partial charge in [-0.05, 0) is 19.9 Å². The Morgan fingerprint density at radius 2 is 1.72 bits per heavy atom. The van der Waals surface area contributed by atoms with Crippen LogP contribution in [-0.2, 0) is 4.79 Å². The van der Waals surface area contributed by atoms with E-state index in [2.05, 4.69) is 5.32 Å². The number of ketones is 1. The second kappa shape index (κ2) is 9.20. The van der Waals surface area contributed by atoms with Crippen LogP contribution in [0.1, 0.15) is 30.1 Å². The number of amides is 1. The molecule has 1 amide bonds. The molecule has 2 rings (SSSR count). The van der Waals surface area contributed by atoms with Crippen LogP contribution in [0.2, 0.25) is 0 Å². The summed E-state index contributed by atoms with van der Waals surface area (Å²) in [5.74, 6) is -4.83. The largest absolute Gasteiger partial charge is 0.342 e. The smallest absolute Gasteiger partial charge is 0.226 e. The Morgan fingerprint density at radius 3 is 2.20 bits per heavy atom. The molecule has 1 aromatic carbocycles. The molecular formula is C17H22ClF3N2O2. The zero-order valence-electron chi connectivity index (χ0n) is 14.2. The van der Waals surface area contributed by atoms with Crippen molar-refractivity contribution >= 4 is 24.1 Å². The van der Waals surface area contributed by atoms with Crippen LogP contribution in [-0.4, -0.2) is 43.3 Å². The Hall–Kier alpha value is -1.60. The van der Waals surface area contributed by atoms with Gasteiger partial charge in [0.15, 0.2) is 5.78 Å². The molecule has 1 aliphatic heterocycles. The predicted molar refractivity (Wildman–Crippen MR) is 90.3 cm³/mol. The molecule has 0 bridgehead atoms. The SMILES string of the molecule is CNCC(C)C(=O)N1CCC(C(=O)c2c(F)cc(F)cc2F)CC1.Cl. The van der Waals surface area contributed by atoms with Crippen molar-refractivity contribution in [2.75, 3.05) is 26.7 Å². The van der Waals surface area contributed by atoms with Gasteiger partial charge < -0.3 is 10.2 Å². The van der Waals surface area contributed by atoms with E-state index in [0.717, 1.165) is 0 Å². The Bertz CT molecular complexity index is 611. The minimum absolute atomic E-state index is 0. The van der Waals surface area contributed by atoms with Crippen LogP contribution < -0.4 is 5.32 Å². The first-order valence-electron chi connectivity index (χ1n) is 7.97. The molecule has 1 fully saturated rings. The Morgan fingerprint density at radius 1 is 1.20 bits per heavy atom. The van der Waals surface area contributed by atoms with E-state index in [4.69, 9.17) is 0 Å². The number of nitrogens with one attached hydrogen (secondary N) is 1. The molecule has 0 aliphatic carbocycles. The van der Waals surface area contributed by atoms with Gasteiger partial charge in [0, 0.05) is 43.6 Å². The molecule has 1 saturated heterocycles. The third-order valence-corrected chi connectivity index (χ3v) is 4.36. The lowest BCUT2D eigenvalue weighted by molar-refractivity contribution is -0.136. The fourth-order valence-electron chi connectivity index (χ4n) is 3.05. The highest BCUT2D eigenvalue weighted by Gasteiger charge is 2.32. The van der Waals surface area contributed by atoms with Crippen LogP contribution in [0.5, 0.6) is 0 Å². The number of carbonyl (C=O) groups excluding carboxylic acids is 2. The molecule has 25 heavy (non-hydrogen) atoms. The van der Waals surface area contributed by atoms with Crippen molar-refractivity contribution in [1.29, 1.82) is 0 Å². The second-order valence-electron chi connectivity index (χ2n) is 6.17. The van der Waals surface area contributed by atoms with Gasteiger partial charge in [-0.25, -0.2) is 13.2 Å². The van der Waals surface area contributed by atoms with Crippen LogP contribution in [0, 0.1) is 29.3 Å². The third kappa shape index (κ3) is 4.95. The summed E-state index contributed by atoms with van der Waals surface area (Å²) in [4.78, 5) is 26.2. The van der Waals surface area contributed by atoms with Crippen molar-refractivity contribution in [3.8, 4) is 0 Å². The molecule has 1 unspecified atom stereocenters. The van der Waals surface area contributed by atoms with E-state index in [-0.39, 0.29) is 24.2 Å². The van der Waals surface area contributed by atoms with Gasteiger partial charge in [0.1, 0.15) is 17.5 Å². The monoisotopic (exact) mass is 378 g/mol. The van der Waals surface area contributed by atoms with Gasteiger partial charge in [0.25, 0.3) is 0 Å². The molecule has 1 atom stereocenters. The molecule has 0 radical (unpaired) electrons. The number of nitrogens with zero attached hydrogens (tertiary/aromatic N) is 1. The van der Waals surface area contributed by atoms with Gasteiger partial charge in [0.2, 0.25) is 5.91 Å². The number of halogens is 4. The molecule has 1 aromatic rings. The number of hydrogen-bond donors (Lipinski definition) is 1. The van der Waals surface area contributed by atoms with Crippen molar-refractivity contribution < 1.29 is 22.8 Å². The Balaban J connectivity index is 0.00000312. The van der Waals surface area contributed by atoms with E-state index in [9.17, 15) is 22.8 Å². The molecule has 140 valence electrons. The maximum atomic E-state index is 13.7. The minimum Gasteiger partial charge on any atom is -0.342 e. The van der Waals surface area contributed by atoms with Crippen molar-refractivity contribution in [3.05, 3.63) is 35.1 Å². The summed E-state index contributed by atoms with van der Waals surface area (Å²) in [5.41, 5.74) is -0.690. The number of likely N-dealkylation sites (tertiary alicyclic amines) is 1. The molecule has 1 heterocycles. The Kier molecular flexibility index (Phi) is 7.89. The zero-order chi connectivity index (χ0) is 17.9. The number of rotatable bonds is 5. The fourth-order valence-corrected chi connectivity index (χ4v) is 3.05. The maximum Gasteiger partial charge on any atom is 0.226 e. The molecule has 4 nitrogen and oxygen atoms in total. The maximum absolute atomic E-state index is 13.7. The summed E-state index contributed by atoms with van der Waals surface area (Å²) in [5, 5.41) is 2.94. The molecule has 0 saturated carbocycles. The highest BCUT2D eigenvalue weighted by molar-refractivity contribution is 5.98. The summed E-state index contributed by atoms with van der Waals surface area (Å²) in [7, 11) is 1.76. The van der Waals surface area contributed by atoms with Gasteiger partial charge in [-0.3, -0.25) is 9.59 Å². The minimum atomic E-state index is -1.18. The van der Waals surface area contributed by atoms with Gasteiger partial charge in [-0.2, -0.15) is 0 Å². The first kappa shape index (κ1) is 21.4. The molecule has 1 N–H and O–H groups in total. The standard InChI is InChI=1S/C17H21F3N2O2.ClH/c1-10(9-21-2)17(24)22-5-3-11(4-6-22)16(23)15-13(19)7-12(18)8-14(15)20;/h7-8,10-11,21H,3-6,9H2,1-2H3;1H. The first-order chi connectivity index (χ1) is 11.3. The summed E-state index contributed by atoms with van der Waals surface area (Å²) >= 11 is 0. The molecule has 0 spiro atoms. The van der Waals surface area contributed by atoms with E-state index in [1.807, 2.05) is 6.92 Å². The lowest BCUT2D eigenvalue weighted by atomic mass is 9.88. The van der Waals surface area contributed by atoms with Crippen LogP contribution in [0.4, 0.5) is 13.2 Å². The highest BCUT2D eigenvalue weighted by atomic mass is 35.5. The molecular weight excluding hydrogens is 357 g/mol.